The Morgan fingerprint density at radius 2 is 2.04 bits per heavy atom. The minimum Gasteiger partial charge on any atom is -0.286 e. The van der Waals surface area contributed by atoms with E-state index in [-0.39, 0.29) is 24.7 Å². The molecular weight excluding hydrogens is 332 g/mol. The predicted octanol–water partition coefficient (Wildman–Crippen LogP) is 2.96. The van der Waals surface area contributed by atoms with Gasteiger partial charge in [0.25, 0.3) is 0 Å². The number of carbonyl (C=O) groups is 2. The van der Waals surface area contributed by atoms with Gasteiger partial charge in [-0.25, -0.2) is 10.5 Å². The van der Waals surface area contributed by atoms with E-state index in [4.69, 9.17) is 4.84 Å². The molecule has 0 saturated carbocycles. The largest absolute Gasteiger partial charge is 0.286 e. The molecule has 6 nitrogen and oxygen atoms in total. The summed E-state index contributed by atoms with van der Waals surface area (Å²) in [4.78, 5) is 29.0. The maximum atomic E-state index is 12.2. The van der Waals surface area contributed by atoms with Crippen LogP contribution in [0.2, 0.25) is 0 Å². The summed E-state index contributed by atoms with van der Waals surface area (Å²) < 4.78 is 0. The van der Waals surface area contributed by atoms with E-state index in [2.05, 4.69) is 12.4 Å². The fourth-order valence-electron chi connectivity index (χ4n) is 2.69. The molecule has 140 valence electrons. The summed E-state index contributed by atoms with van der Waals surface area (Å²) in [5.74, 6) is -0.550. The molecule has 0 aromatic carbocycles. The Labute approximate surface area is 154 Å². The first-order chi connectivity index (χ1) is 12.5. The van der Waals surface area contributed by atoms with Crippen LogP contribution in [0.1, 0.15) is 37.3 Å². The van der Waals surface area contributed by atoms with Gasteiger partial charge in [0.05, 0.1) is 13.0 Å². The normalized spacial score (nSPS) is 10.7. The highest BCUT2D eigenvalue weighted by Crippen LogP contribution is 2.27. The van der Waals surface area contributed by atoms with Crippen LogP contribution in [0.4, 0.5) is 0 Å². The van der Waals surface area contributed by atoms with Gasteiger partial charge in [0.15, 0.2) is 0 Å². The molecule has 0 aliphatic heterocycles. The van der Waals surface area contributed by atoms with Crippen LogP contribution < -0.4 is 5.48 Å². The molecule has 0 aromatic heterocycles. The lowest BCUT2D eigenvalue weighted by Gasteiger charge is -2.08. The Hall–Kier alpha value is -2.44. The van der Waals surface area contributed by atoms with Crippen LogP contribution in [0.3, 0.4) is 0 Å². The van der Waals surface area contributed by atoms with Crippen molar-refractivity contribution in [1.82, 2.24) is 10.5 Å². The molecule has 2 amide bonds. The third-order valence-electron chi connectivity index (χ3n) is 4.16. The molecule has 0 unspecified atom stereocenters. The highest BCUT2D eigenvalue weighted by Gasteiger charge is 2.13. The fourth-order valence-corrected chi connectivity index (χ4v) is 2.69. The Morgan fingerprint density at radius 1 is 1.23 bits per heavy atom. The molecule has 2 N–H and O–H groups in total. The van der Waals surface area contributed by atoms with Gasteiger partial charge in [-0.2, -0.15) is 0 Å². The maximum Gasteiger partial charge on any atom is 0.247 e. The smallest absolute Gasteiger partial charge is 0.247 e. The lowest BCUT2D eigenvalue weighted by molar-refractivity contribution is -0.159. The van der Waals surface area contributed by atoms with Gasteiger partial charge in [-0.1, -0.05) is 49.7 Å². The fraction of sp³-hybridized carbons (Fsp3) is 0.400. The average molecular weight is 358 g/mol. The summed E-state index contributed by atoms with van der Waals surface area (Å²) in [5.41, 5.74) is 6.35. The summed E-state index contributed by atoms with van der Waals surface area (Å²) in [5, 5.41) is 9.78. The number of nitrogens with zero attached hydrogens (tertiary/aromatic N) is 1. The van der Waals surface area contributed by atoms with Crippen molar-refractivity contribution in [2.24, 2.45) is 0 Å². The van der Waals surface area contributed by atoms with Crippen LogP contribution in [0.25, 0.3) is 11.1 Å². The molecule has 0 heterocycles. The highest BCUT2D eigenvalue weighted by molar-refractivity contribution is 5.82. The van der Waals surface area contributed by atoms with E-state index in [9.17, 15) is 14.8 Å². The molecule has 0 saturated heterocycles. The van der Waals surface area contributed by atoms with Crippen LogP contribution in [-0.2, 0) is 27.3 Å². The number of rotatable bonds is 9. The summed E-state index contributed by atoms with van der Waals surface area (Å²) in [6, 6.07) is 11.8. The first kappa shape index (κ1) is 19.9. The quantitative estimate of drug-likeness (QED) is 0.410. The predicted molar refractivity (Wildman–Crippen MR) is 98.6 cm³/mol. The van der Waals surface area contributed by atoms with E-state index in [0.717, 1.165) is 35.1 Å². The Bertz CT molecular complexity index is 715. The molecule has 26 heavy (non-hydrogen) atoms. The number of amides is 2. The number of unbranched alkanes of at least 4 members (excludes halogenated alkanes) is 1. The zero-order valence-corrected chi connectivity index (χ0v) is 15.3. The number of nitrogens with one attached hydrogen (secondary N) is 1. The molecule has 2 aliphatic rings. The summed E-state index contributed by atoms with van der Waals surface area (Å²) in [6.45, 7) is 2.56. The second-order valence-corrected chi connectivity index (χ2v) is 6.29. The number of fused-ring (bicyclic) bond motifs is 1. The van der Waals surface area contributed by atoms with E-state index in [1.54, 1.807) is 0 Å². The molecule has 0 spiro atoms. The van der Waals surface area contributed by atoms with Crippen LogP contribution in [0.5, 0.6) is 0 Å². The maximum absolute atomic E-state index is 12.2. The van der Waals surface area contributed by atoms with Gasteiger partial charge in [0.2, 0.25) is 11.8 Å². The highest BCUT2D eigenvalue weighted by atomic mass is 16.6. The van der Waals surface area contributed by atoms with E-state index >= 15 is 0 Å². The van der Waals surface area contributed by atoms with Gasteiger partial charge in [-0.15, -0.1) is 0 Å². The lowest BCUT2D eigenvalue weighted by atomic mass is 10.0. The number of hydroxylamine groups is 3. The SMILES string of the molecule is CCCCONC(=O)Cc1cc(CCC(=O)N(C)O)ccc2cccc1-2. The third-order valence-corrected chi connectivity index (χ3v) is 4.16. The van der Waals surface area contributed by atoms with E-state index in [1.807, 2.05) is 36.4 Å². The molecule has 0 fully saturated rings. The van der Waals surface area contributed by atoms with Crippen molar-refractivity contribution in [1.29, 1.82) is 0 Å². The van der Waals surface area contributed by atoms with E-state index in [0.29, 0.717) is 18.1 Å². The van der Waals surface area contributed by atoms with Crippen molar-refractivity contribution in [3.05, 3.63) is 47.5 Å². The number of carbonyl (C=O) groups excluding carboxylic acids is 2. The molecule has 0 radical (unpaired) electrons. The topological polar surface area (TPSA) is 78.9 Å². The zero-order valence-electron chi connectivity index (χ0n) is 15.3. The average Bonchev–Trinajstić information content (AvgIpc) is 3.02. The Kier molecular flexibility index (Phi) is 7.56. The van der Waals surface area contributed by atoms with Crippen molar-refractivity contribution in [3.63, 3.8) is 0 Å². The summed E-state index contributed by atoms with van der Waals surface area (Å²) >= 11 is 0. The van der Waals surface area contributed by atoms with Crippen LogP contribution >= 0.6 is 0 Å². The van der Waals surface area contributed by atoms with Gasteiger partial charge in [0.1, 0.15) is 0 Å². The van der Waals surface area contributed by atoms with Crippen molar-refractivity contribution >= 4 is 11.8 Å². The van der Waals surface area contributed by atoms with Gasteiger partial charge in [-0.3, -0.25) is 19.6 Å². The molecule has 0 atom stereocenters. The number of hydrogen-bond acceptors (Lipinski definition) is 4. The van der Waals surface area contributed by atoms with E-state index in [1.165, 1.54) is 7.05 Å². The van der Waals surface area contributed by atoms with E-state index < -0.39 is 0 Å². The minimum atomic E-state index is -0.348. The van der Waals surface area contributed by atoms with Gasteiger partial charge in [-0.05, 0) is 35.1 Å². The third kappa shape index (κ3) is 5.82. The Balaban J connectivity index is 2.11. The zero-order chi connectivity index (χ0) is 18.9. The van der Waals surface area contributed by atoms with Gasteiger partial charge >= 0.3 is 0 Å². The first-order valence-corrected chi connectivity index (χ1v) is 8.88. The standard InChI is InChI=1S/C20H26N2O4/c1-3-4-12-26-21-19(23)14-17-13-15(9-11-20(24)22(2)25)8-10-16-6-5-7-18(16)17/h5-8,10,13,25H,3-4,9,11-12,14H2,1-2H3,(H,21,23). The van der Waals surface area contributed by atoms with Gasteiger partial charge < -0.3 is 0 Å². The second kappa shape index (κ2) is 9.89. The Morgan fingerprint density at radius 3 is 2.77 bits per heavy atom. The molecule has 2 rings (SSSR count). The van der Waals surface area contributed by atoms with Crippen molar-refractivity contribution in [2.45, 2.75) is 39.0 Å². The van der Waals surface area contributed by atoms with Crippen LogP contribution in [0, 0.1) is 0 Å². The summed E-state index contributed by atoms with van der Waals surface area (Å²) in [6.07, 6.45) is 2.78. The monoisotopic (exact) mass is 358 g/mol. The van der Waals surface area contributed by atoms with Crippen molar-refractivity contribution in [2.75, 3.05) is 13.7 Å². The molecule has 0 aromatic rings. The van der Waals surface area contributed by atoms with Crippen molar-refractivity contribution in [3.8, 4) is 11.1 Å². The second-order valence-electron chi connectivity index (χ2n) is 6.29. The van der Waals surface area contributed by atoms with Gasteiger partial charge in [0, 0.05) is 13.5 Å². The lowest BCUT2D eigenvalue weighted by Crippen LogP contribution is -2.26. The number of hydrogen-bond donors (Lipinski definition) is 2. The number of aryl methyl sites for hydroxylation is 1. The molecule has 0 bridgehead atoms. The molecule has 2 aliphatic carbocycles. The van der Waals surface area contributed by atoms with Crippen molar-refractivity contribution < 1.29 is 19.6 Å². The van der Waals surface area contributed by atoms with Crippen LogP contribution in [0.15, 0.2) is 36.4 Å². The molecular formula is C20H26N2O4. The first-order valence-electron chi connectivity index (χ1n) is 8.88. The summed E-state index contributed by atoms with van der Waals surface area (Å²) in [7, 11) is 1.32. The van der Waals surface area contributed by atoms with Crippen LogP contribution in [-0.4, -0.2) is 35.7 Å². The minimum absolute atomic E-state index is 0.197. The molecule has 6 heteroatoms.